The predicted octanol–water partition coefficient (Wildman–Crippen LogP) is 3.06. The standard InChI is InChI=1S/C24H24ClF2N3O3/c1-23(22(31)29-2)12-33-21-15(23)9-19(24(32,11-28)13-6-4-3-5-7-13)30-20(21)14-8-16(25)18(27)10-17(14)26/h3-10,22,29,31-32H,11-12,28H2,1-2H3/t22?,23-,24+/m0/s1. The van der Waals surface area contributed by atoms with Crippen molar-refractivity contribution < 1.29 is 23.7 Å². The summed E-state index contributed by atoms with van der Waals surface area (Å²) in [5, 5.41) is 24.8. The fourth-order valence-electron chi connectivity index (χ4n) is 4.13. The summed E-state index contributed by atoms with van der Waals surface area (Å²) in [6, 6.07) is 12.1. The number of nitrogens with one attached hydrogen (secondary N) is 1. The van der Waals surface area contributed by atoms with Gasteiger partial charge in [0.1, 0.15) is 41.5 Å². The minimum absolute atomic E-state index is 0.0248. The van der Waals surface area contributed by atoms with E-state index < -0.39 is 28.9 Å². The van der Waals surface area contributed by atoms with Gasteiger partial charge in [0, 0.05) is 23.7 Å². The Morgan fingerprint density at radius 2 is 1.94 bits per heavy atom. The molecule has 3 aromatic rings. The molecular weight excluding hydrogens is 452 g/mol. The molecule has 2 heterocycles. The van der Waals surface area contributed by atoms with E-state index in [2.05, 4.69) is 10.3 Å². The highest BCUT2D eigenvalue weighted by Gasteiger charge is 2.46. The fraction of sp³-hybridized carbons (Fsp3) is 0.292. The van der Waals surface area contributed by atoms with Gasteiger partial charge in [0.2, 0.25) is 0 Å². The minimum Gasteiger partial charge on any atom is -0.490 e. The summed E-state index contributed by atoms with van der Waals surface area (Å²) in [6.45, 7) is 1.61. The van der Waals surface area contributed by atoms with Crippen molar-refractivity contribution in [3.05, 3.63) is 82.0 Å². The normalized spacial score (nSPS) is 20.1. The summed E-state index contributed by atoms with van der Waals surface area (Å²) in [4.78, 5) is 4.54. The summed E-state index contributed by atoms with van der Waals surface area (Å²) in [7, 11) is 1.59. The van der Waals surface area contributed by atoms with Gasteiger partial charge in [0.15, 0.2) is 0 Å². The summed E-state index contributed by atoms with van der Waals surface area (Å²) in [5.41, 5.74) is 4.36. The first-order chi connectivity index (χ1) is 15.7. The van der Waals surface area contributed by atoms with E-state index in [4.69, 9.17) is 22.1 Å². The smallest absolute Gasteiger partial charge is 0.149 e. The van der Waals surface area contributed by atoms with Gasteiger partial charge >= 0.3 is 0 Å². The number of fused-ring (bicyclic) bond motifs is 1. The number of hydrogen-bond donors (Lipinski definition) is 4. The van der Waals surface area contributed by atoms with Crippen molar-refractivity contribution >= 4 is 11.6 Å². The van der Waals surface area contributed by atoms with Crippen LogP contribution >= 0.6 is 11.6 Å². The highest BCUT2D eigenvalue weighted by atomic mass is 35.5. The van der Waals surface area contributed by atoms with E-state index in [1.165, 1.54) is 0 Å². The number of pyridine rings is 1. The van der Waals surface area contributed by atoms with Crippen LogP contribution in [-0.4, -0.2) is 41.6 Å². The molecule has 1 unspecified atom stereocenters. The first-order valence-corrected chi connectivity index (χ1v) is 10.7. The van der Waals surface area contributed by atoms with Crippen molar-refractivity contribution in [2.75, 3.05) is 20.2 Å². The number of hydrogen-bond acceptors (Lipinski definition) is 6. The lowest BCUT2D eigenvalue weighted by Crippen LogP contribution is -2.46. The molecule has 1 aliphatic heterocycles. The van der Waals surface area contributed by atoms with E-state index in [9.17, 15) is 19.0 Å². The number of rotatable bonds is 6. The van der Waals surface area contributed by atoms with Gasteiger partial charge in [-0.2, -0.15) is 0 Å². The number of aliphatic hydroxyl groups excluding tert-OH is 1. The maximum atomic E-state index is 14.9. The Morgan fingerprint density at radius 3 is 2.58 bits per heavy atom. The van der Waals surface area contributed by atoms with E-state index in [1.807, 2.05) is 0 Å². The predicted molar refractivity (Wildman–Crippen MR) is 121 cm³/mol. The number of ether oxygens (including phenoxy) is 1. The Bertz CT molecular complexity index is 1200. The van der Waals surface area contributed by atoms with Gasteiger partial charge in [-0.25, -0.2) is 13.8 Å². The first-order valence-electron chi connectivity index (χ1n) is 10.3. The highest BCUT2D eigenvalue weighted by molar-refractivity contribution is 6.31. The number of benzene rings is 2. The average Bonchev–Trinajstić information content (AvgIpc) is 3.18. The van der Waals surface area contributed by atoms with Gasteiger partial charge in [-0.1, -0.05) is 41.9 Å². The molecule has 0 bridgehead atoms. The lowest BCUT2D eigenvalue weighted by atomic mass is 9.80. The van der Waals surface area contributed by atoms with Crippen LogP contribution in [0.2, 0.25) is 5.02 Å². The van der Waals surface area contributed by atoms with Crippen molar-refractivity contribution in [2.24, 2.45) is 5.73 Å². The molecule has 0 spiro atoms. The van der Waals surface area contributed by atoms with Crippen LogP contribution in [0.3, 0.4) is 0 Å². The molecule has 9 heteroatoms. The lowest BCUT2D eigenvalue weighted by molar-refractivity contribution is 0.0524. The third-order valence-corrected chi connectivity index (χ3v) is 6.51. The maximum absolute atomic E-state index is 14.9. The van der Waals surface area contributed by atoms with E-state index in [0.29, 0.717) is 17.2 Å². The summed E-state index contributed by atoms with van der Waals surface area (Å²) in [5.74, 6) is -1.60. The van der Waals surface area contributed by atoms with Gasteiger partial charge < -0.3 is 20.7 Å². The fourth-order valence-corrected chi connectivity index (χ4v) is 4.29. The van der Waals surface area contributed by atoms with Gasteiger partial charge in [-0.3, -0.25) is 5.32 Å². The minimum atomic E-state index is -1.72. The molecule has 5 N–H and O–H groups in total. The number of aliphatic hydroxyl groups is 2. The average molecular weight is 476 g/mol. The molecule has 1 aliphatic rings. The molecule has 0 fully saturated rings. The number of aromatic nitrogens is 1. The van der Waals surface area contributed by atoms with Crippen molar-refractivity contribution in [3.8, 4) is 17.0 Å². The Morgan fingerprint density at radius 1 is 1.24 bits per heavy atom. The number of nitrogens with two attached hydrogens (primary N) is 1. The van der Waals surface area contributed by atoms with Crippen LogP contribution in [0.15, 0.2) is 48.5 Å². The summed E-state index contributed by atoms with van der Waals surface area (Å²) < 4.78 is 34.6. The van der Waals surface area contributed by atoms with E-state index >= 15 is 0 Å². The maximum Gasteiger partial charge on any atom is 0.149 e. The third kappa shape index (κ3) is 3.78. The molecule has 6 nitrogen and oxygen atoms in total. The van der Waals surface area contributed by atoms with Crippen LogP contribution in [0.5, 0.6) is 5.75 Å². The Labute approximate surface area is 195 Å². The molecule has 174 valence electrons. The van der Waals surface area contributed by atoms with Crippen molar-refractivity contribution in [2.45, 2.75) is 24.2 Å². The molecular formula is C24H24ClF2N3O3. The van der Waals surface area contributed by atoms with Gasteiger partial charge in [-0.05, 0) is 31.7 Å². The second kappa shape index (κ2) is 8.62. The van der Waals surface area contributed by atoms with Crippen LogP contribution < -0.4 is 15.8 Å². The molecule has 33 heavy (non-hydrogen) atoms. The van der Waals surface area contributed by atoms with Gasteiger partial charge in [0.05, 0.1) is 16.1 Å². The van der Waals surface area contributed by atoms with Crippen LogP contribution in [-0.2, 0) is 11.0 Å². The summed E-state index contributed by atoms with van der Waals surface area (Å²) in [6.07, 6.45) is -1.02. The topological polar surface area (TPSA) is 101 Å². The molecule has 2 aromatic carbocycles. The number of nitrogens with zero attached hydrogens (tertiary/aromatic N) is 1. The second-order valence-corrected chi connectivity index (χ2v) is 8.71. The third-order valence-electron chi connectivity index (χ3n) is 6.22. The zero-order valence-corrected chi connectivity index (χ0v) is 18.8. The highest BCUT2D eigenvalue weighted by Crippen LogP contribution is 2.48. The Kier molecular flexibility index (Phi) is 6.15. The molecule has 0 aliphatic carbocycles. The van der Waals surface area contributed by atoms with Crippen molar-refractivity contribution in [1.82, 2.24) is 10.3 Å². The van der Waals surface area contributed by atoms with E-state index in [-0.39, 0.29) is 40.9 Å². The molecule has 3 atom stereocenters. The van der Waals surface area contributed by atoms with Crippen LogP contribution in [0.1, 0.15) is 23.7 Å². The van der Waals surface area contributed by atoms with Crippen molar-refractivity contribution in [3.63, 3.8) is 0 Å². The van der Waals surface area contributed by atoms with Gasteiger partial charge in [0.25, 0.3) is 0 Å². The molecule has 4 rings (SSSR count). The monoisotopic (exact) mass is 475 g/mol. The molecule has 1 aromatic heterocycles. The molecule has 0 saturated heterocycles. The number of likely N-dealkylation sites (N-methyl/N-ethyl adjacent to an activating group) is 1. The molecule has 0 amide bonds. The molecule has 0 radical (unpaired) electrons. The number of halogens is 3. The Balaban J connectivity index is 2.04. The van der Waals surface area contributed by atoms with E-state index in [0.717, 1.165) is 6.07 Å². The first kappa shape index (κ1) is 23.5. The van der Waals surface area contributed by atoms with Crippen LogP contribution in [0, 0.1) is 11.6 Å². The zero-order valence-electron chi connectivity index (χ0n) is 18.1. The van der Waals surface area contributed by atoms with Crippen LogP contribution in [0.4, 0.5) is 8.78 Å². The largest absolute Gasteiger partial charge is 0.490 e. The van der Waals surface area contributed by atoms with Crippen molar-refractivity contribution in [1.29, 1.82) is 0 Å². The van der Waals surface area contributed by atoms with E-state index in [1.54, 1.807) is 50.4 Å². The zero-order chi connectivity index (χ0) is 24.0. The van der Waals surface area contributed by atoms with Crippen LogP contribution in [0.25, 0.3) is 11.3 Å². The SMILES string of the molecule is CNC(O)[C@@]1(C)COc2c1cc([C@@](O)(CN)c1ccccc1)nc2-c1cc(Cl)c(F)cc1F. The lowest BCUT2D eigenvalue weighted by Gasteiger charge is -2.31. The molecule has 0 saturated carbocycles. The second-order valence-electron chi connectivity index (χ2n) is 8.31. The Hall–Kier alpha value is -2.62. The quantitative estimate of drug-likeness (QED) is 0.323. The van der Waals surface area contributed by atoms with Gasteiger partial charge in [-0.15, -0.1) is 0 Å². The summed E-state index contributed by atoms with van der Waals surface area (Å²) >= 11 is 5.94.